The molecule has 3 N–H and O–H groups in total. The molecule has 0 aromatic heterocycles. The van der Waals surface area contributed by atoms with E-state index in [1.807, 2.05) is 54.6 Å². The number of phenolic OH excluding ortho intramolecular Hbond substituents is 3. The lowest BCUT2D eigenvalue weighted by molar-refractivity contribution is 0.218. The third-order valence-electron chi connectivity index (χ3n) is 8.08. The molecule has 0 unspecified atom stereocenters. The van der Waals surface area contributed by atoms with Gasteiger partial charge in [-0.3, -0.25) is 4.90 Å². The van der Waals surface area contributed by atoms with E-state index in [9.17, 15) is 15.3 Å². The Labute approximate surface area is 229 Å². The highest BCUT2D eigenvalue weighted by atomic mass is 16.5. The topological polar surface area (TPSA) is 73.2 Å². The number of ether oxygens (including phenoxy) is 1. The SMILES string of the molecule is Oc1ccc2cc1Oc1ccc(cc1)CCc1ccc(CN3CCCCC3)c(O)c1-c1ccc(cc1O)CC2. The van der Waals surface area contributed by atoms with Crippen molar-refractivity contribution in [2.75, 3.05) is 13.1 Å². The Bertz CT molecular complexity index is 1470. The highest BCUT2D eigenvalue weighted by molar-refractivity contribution is 5.80. The summed E-state index contributed by atoms with van der Waals surface area (Å²) in [4.78, 5) is 2.41. The van der Waals surface area contributed by atoms with Crippen molar-refractivity contribution < 1.29 is 20.1 Å². The fourth-order valence-electron chi connectivity index (χ4n) is 5.83. The Kier molecular flexibility index (Phi) is 7.16. The number of likely N-dealkylation sites (tertiary alicyclic amines) is 1. The van der Waals surface area contributed by atoms with Crippen LogP contribution < -0.4 is 4.74 Å². The Morgan fingerprint density at radius 3 is 2.10 bits per heavy atom. The van der Waals surface area contributed by atoms with Crippen LogP contribution >= 0.6 is 0 Å². The third kappa shape index (κ3) is 5.59. The number of nitrogens with zero attached hydrogens (tertiary/aromatic N) is 1. The molecule has 200 valence electrons. The quantitative estimate of drug-likeness (QED) is 0.262. The number of piperidine rings is 1. The minimum Gasteiger partial charge on any atom is -0.507 e. The fourth-order valence-corrected chi connectivity index (χ4v) is 5.83. The van der Waals surface area contributed by atoms with E-state index < -0.39 is 0 Å². The minimum absolute atomic E-state index is 0.107. The molecule has 5 aliphatic heterocycles. The molecule has 6 bridgehead atoms. The zero-order valence-electron chi connectivity index (χ0n) is 22.2. The Balaban J connectivity index is 1.40. The van der Waals surface area contributed by atoms with Crippen molar-refractivity contribution in [2.24, 2.45) is 0 Å². The lowest BCUT2D eigenvalue weighted by Gasteiger charge is -2.27. The summed E-state index contributed by atoms with van der Waals surface area (Å²) >= 11 is 0. The number of hydrogen-bond acceptors (Lipinski definition) is 5. The van der Waals surface area contributed by atoms with Gasteiger partial charge in [-0.1, -0.05) is 48.9 Å². The Morgan fingerprint density at radius 2 is 1.33 bits per heavy atom. The van der Waals surface area contributed by atoms with Gasteiger partial charge in [-0.15, -0.1) is 0 Å². The van der Waals surface area contributed by atoms with Crippen LogP contribution in [0.3, 0.4) is 0 Å². The van der Waals surface area contributed by atoms with E-state index in [-0.39, 0.29) is 17.2 Å². The molecule has 1 saturated heterocycles. The van der Waals surface area contributed by atoms with Crippen molar-refractivity contribution in [3.63, 3.8) is 0 Å². The highest BCUT2D eigenvalue weighted by Gasteiger charge is 2.20. The van der Waals surface area contributed by atoms with Gasteiger partial charge in [0.05, 0.1) is 0 Å². The molecule has 9 rings (SSSR count). The first-order chi connectivity index (χ1) is 19.0. The van der Waals surface area contributed by atoms with E-state index in [2.05, 4.69) is 17.0 Å². The first-order valence-corrected chi connectivity index (χ1v) is 14.0. The van der Waals surface area contributed by atoms with Crippen molar-refractivity contribution >= 4 is 0 Å². The number of aryl methyl sites for hydroxylation is 4. The molecular weight excluding hydrogens is 486 g/mol. The van der Waals surface area contributed by atoms with Crippen molar-refractivity contribution in [3.05, 3.63) is 101 Å². The lowest BCUT2D eigenvalue weighted by atomic mass is 9.90. The van der Waals surface area contributed by atoms with Crippen molar-refractivity contribution in [1.29, 1.82) is 0 Å². The van der Waals surface area contributed by atoms with Crippen molar-refractivity contribution in [1.82, 2.24) is 4.90 Å². The van der Waals surface area contributed by atoms with Crippen LogP contribution in [-0.2, 0) is 32.2 Å². The van der Waals surface area contributed by atoms with Crippen LogP contribution in [0.5, 0.6) is 28.7 Å². The molecule has 5 nitrogen and oxygen atoms in total. The van der Waals surface area contributed by atoms with Gasteiger partial charge < -0.3 is 20.1 Å². The Morgan fingerprint density at radius 1 is 0.641 bits per heavy atom. The van der Waals surface area contributed by atoms with Crippen LogP contribution in [0.1, 0.15) is 47.1 Å². The van der Waals surface area contributed by atoms with E-state index in [1.54, 1.807) is 6.07 Å². The summed E-state index contributed by atoms with van der Waals surface area (Å²) in [5.41, 5.74) is 6.51. The van der Waals surface area contributed by atoms with E-state index in [0.29, 0.717) is 23.6 Å². The second kappa shape index (κ2) is 11.0. The molecule has 0 radical (unpaired) electrons. The average Bonchev–Trinajstić information content (AvgIpc) is 2.95. The van der Waals surface area contributed by atoms with Crippen molar-refractivity contribution in [2.45, 2.75) is 51.5 Å². The van der Waals surface area contributed by atoms with E-state index >= 15 is 0 Å². The highest BCUT2D eigenvalue weighted by Crippen LogP contribution is 2.42. The number of rotatable bonds is 2. The van der Waals surface area contributed by atoms with Crippen LogP contribution in [0.2, 0.25) is 0 Å². The molecule has 5 heteroatoms. The van der Waals surface area contributed by atoms with Crippen LogP contribution in [0, 0.1) is 0 Å². The van der Waals surface area contributed by atoms with Gasteiger partial charge in [0, 0.05) is 23.2 Å². The smallest absolute Gasteiger partial charge is 0.169 e. The number of hydrogen-bond donors (Lipinski definition) is 3. The Hall–Kier alpha value is -3.96. The molecule has 5 aliphatic rings. The van der Waals surface area contributed by atoms with Gasteiger partial charge in [0.25, 0.3) is 0 Å². The van der Waals surface area contributed by atoms with Gasteiger partial charge in [0.2, 0.25) is 0 Å². The van der Waals surface area contributed by atoms with Gasteiger partial charge in [0.1, 0.15) is 17.2 Å². The van der Waals surface area contributed by atoms with Crippen molar-refractivity contribution in [3.8, 4) is 39.9 Å². The van der Waals surface area contributed by atoms with Crippen LogP contribution in [0.15, 0.2) is 72.8 Å². The minimum atomic E-state index is 0.107. The molecule has 39 heavy (non-hydrogen) atoms. The maximum atomic E-state index is 11.6. The largest absolute Gasteiger partial charge is 0.507 e. The van der Waals surface area contributed by atoms with Gasteiger partial charge in [-0.05, 0) is 104 Å². The maximum Gasteiger partial charge on any atom is 0.169 e. The summed E-state index contributed by atoms with van der Waals surface area (Å²) in [6, 6.07) is 23.3. The molecule has 0 aliphatic carbocycles. The predicted octanol–water partition coefficient (Wildman–Crippen LogP) is 7.13. The maximum absolute atomic E-state index is 11.6. The third-order valence-corrected chi connectivity index (χ3v) is 8.08. The number of aromatic hydroxyl groups is 3. The molecule has 1 fully saturated rings. The molecule has 4 aromatic carbocycles. The van der Waals surface area contributed by atoms with E-state index in [0.717, 1.165) is 72.2 Å². The van der Waals surface area contributed by atoms with Gasteiger partial charge in [-0.2, -0.15) is 0 Å². The average molecular weight is 522 g/mol. The van der Waals surface area contributed by atoms with Crippen LogP contribution in [0.25, 0.3) is 11.1 Å². The summed E-state index contributed by atoms with van der Waals surface area (Å²) in [7, 11) is 0. The summed E-state index contributed by atoms with van der Waals surface area (Å²) in [6.45, 7) is 2.82. The molecular formula is C34H35NO4. The van der Waals surface area contributed by atoms with E-state index in [1.165, 1.54) is 19.3 Å². The lowest BCUT2D eigenvalue weighted by Crippen LogP contribution is -2.29. The first kappa shape index (κ1) is 25.3. The fraction of sp³-hybridized carbons (Fsp3) is 0.294. The number of phenols is 3. The monoisotopic (exact) mass is 521 g/mol. The second-order valence-electron chi connectivity index (χ2n) is 10.8. The molecule has 0 amide bonds. The molecule has 0 atom stereocenters. The van der Waals surface area contributed by atoms with E-state index in [4.69, 9.17) is 4.74 Å². The second-order valence-corrected chi connectivity index (χ2v) is 10.8. The first-order valence-electron chi connectivity index (χ1n) is 14.0. The molecule has 0 spiro atoms. The summed E-state index contributed by atoms with van der Waals surface area (Å²) in [5.74, 6) is 1.67. The standard InChI is InChI=1S/C34H35NO4/c36-30-17-10-25-5-4-24-9-16-29(31(37)20-24)33-26(11-6-23-7-14-28(15-8-23)39-32(30)21-25)12-13-27(34(33)38)22-35-18-2-1-3-19-35/h7-10,12-17,20-21,36-38H,1-6,11,18-19,22H2. The molecule has 0 saturated carbocycles. The summed E-state index contributed by atoms with van der Waals surface area (Å²) in [6.07, 6.45) is 6.62. The zero-order chi connectivity index (χ0) is 26.8. The molecule has 4 aromatic rings. The molecule has 5 heterocycles. The zero-order valence-corrected chi connectivity index (χ0v) is 22.2. The summed E-state index contributed by atoms with van der Waals surface area (Å²) < 4.78 is 6.01. The summed E-state index contributed by atoms with van der Waals surface area (Å²) in [5, 5.41) is 33.1. The number of benzene rings is 4. The normalized spacial score (nSPS) is 15.8. The predicted molar refractivity (Wildman–Crippen MR) is 154 cm³/mol. The van der Waals surface area contributed by atoms with Gasteiger partial charge in [0.15, 0.2) is 11.5 Å². The van der Waals surface area contributed by atoms with Crippen LogP contribution in [-0.4, -0.2) is 33.3 Å². The van der Waals surface area contributed by atoms with Crippen LogP contribution in [0.4, 0.5) is 0 Å². The van der Waals surface area contributed by atoms with Gasteiger partial charge in [-0.25, -0.2) is 0 Å². The van der Waals surface area contributed by atoms with Gasteiger partial charge >= 0.3 is 0 Å².